The molecule has 1 aliphatic heterocycles. The molecule has 1 saturated heterocycles. The molecule has 1 aromatic carbocycles. The molecule has 18 heavy (non-hydrogen) atoms. The largest absolute Gasteiger partial charge is 0.495 e. The number of methoxy groups -OCH3 is 1. The number of rotatable bonds is 2. The first-order valence-corrected chi connectivity index (χ1v) is 6.43. The van der Waals surface area contributed by atoms with Gasteiger partial charge in [-0.15, -0.1) is 0 Å². The number of carbonyl (C=O) groups is 1. The molecule has 0 spiro atoms. The topological polar surface area (TPSA) is 29.5 Å². The van der Waals surface area contributed by atoms with Crippen molar-refractivity contribution in [1.29, 1.82) is 0 Å². The lowest BCUT2D eigenvalue weighted by Gasteiger charge is -2.38. The fourth-order valence-corrected chi connectivity index (χ4v) is 2.50. The van der Waals surface area contributed by atoms with Gasteiger partial charge in [0.2, 0.25) is 0 Å². The summed E-state index contributed by atoms with van der Waals surface area (Å²) in [5.41, 5.74) is 0.650. The molecule has 98 valence electrons. The Morgan fingerprint density at radius 1 is 1.39 bits per heavy atom. The van der Waals surface area contributed by atoms with Crippen LogP contribution in [0.3, 0.4) is 0 Å². The molecule has 2 rings (SSSR count). The van der Waals surface area contributed by atoms with Crippen molar-refractivity contribution in [3.05, 3.63) is 23.2 Å². The Hall–Kier alpha value is -1.22. The number of piperidine rings is 1. The maximum atomic E-state index is 11.8. The summed E-state index contributed by atoms with van der Waals surface area (Å²) in [6, 6.07) is 5.57. The van der Waals surface area contributed by atoms with Crippen LogP contribution in [0.15, 0.2) is 18.2 Å². The summed E-state index contributed by atoms with van der Waals surface area (Å²) in [4.78, 5) is 14.0. The third-order valence-corrected chi connectivity index (χ3v) is 3.67. The molecule has 4 heteroatoms. The van der Waals surface area contributed by atoms with Gasteiger partial charge in [-0.1, -0.05) is 25.4 Å². The Kier molecular flexibility index (Phi) is 3.53. The monoisotopic (exact) mass is 267 g/mol. The van der Waals surface area contributed by atoms with E-state index in [9.17, 15) is 4.79 Å². The first kappa shape index (κ1) is 13.2. The van der Waals surface area contributed by atoms with Crippen LogP contribution in [0, 0.1) is 5.41 Å². The van der Waals surface area contributed by atoms with E-state index in [4.69, 9.17) is 16.3 Å². The second-order valence-electron chi connectivity index (χ2n) is 5.29. The van der Waals surface area contributed by atoms with Crippen molar-refractivity contribution < 1.29 is 9.53 Å². The van der Waals surface area contributed by atoms with Gasteiger partial charge in [0.15, 0.2) is 0 Å². The van der Waals surface area contributed by atoms with Crippen LogP contribution in [0.2, 0.25) is 5.02 Å². The molecule has 1 aliphatic rings. The predicted molar refractivity (Wildman–Crippen MR) is 73.6 cm³/mol. The van der Waals surface area contributed by atoms with Crippen LogP contribution in [-0.4, -0.2) is 26.0 Å². The Balaban J connectivity index is 2.32. The van der Waals surface area contributed by atoms with E-state index in [1.54, 1.807) is 7.11 Å². The standard InChI is InChI=1S/C14H18ClNO2/c1-14(2)9-16(7-6-13(14)17)11-8-10(15)4-5-12(11)18-3/h4-5,8H,6-7,9H2,1-3H3. The van der Waals surface area contributed by atoms with E-state index in [0.29, 0.717) is 23.8 Å². The van der Waals surface area contributed by atoms with Crippen molar-refractivity contribution in [2.75, 3.05) is 25.1 Å². The molecule has 0 N–H and O–H groups in total. The maximum Gasteiger partial charge on any atom is 0.142 e. The Bertz CT molecular complexity index is 471. The van der Waals surface area contributed by atoms with Crippen molar-refractivity contribution >= 4 is 23.1 Å². The second kappa shape index (κ2) is 4.81. The molecule has 0 saturated carbocycles. The zero-order valence-corrected chi connectivity index (χ0v) is 11.8. The number of Topliss-reactive ketones (excluding diaryl/α,β-unsaturated/α-hetero) is 1. The van der Waals surface area contributed by atoms with E-state index in [0.717, 1.165) is 18.0 Å². The Labute approximate surface area is 113 Å². The van der Waals surface area contributed by atoms with E-state index in [2.05, 4.69) is 4.90 Å². The summed E-state index contributed by atoms with van der Waals surface area (Å²) in [6.07, 6.45) is 0.572. The number of nitrogens with zero attached hydrogens (tertiary/aromatic N) is 1. The molecule has 1 aromatic rings. The molecule has 0 amide bonds. The summed E-state index contributed by atoms with van der Waals surface area (Å²) in [5.74, 6) is 1.12. The normalized spacial score (nSPS) is 18.9. The van der Waals surface area contributed by atoms with E-state index in [1.165, 1.54) is 0 Å². The van der Waals surface area contributed by atoms with Gasteiger partial charge in [0.25, 0.3) is 0 Å². The van der Waals surface area contributed by atoms with E-state index in [1.807, 2.05) is 32.0 Å². The summed E-state index contributed by atoms with van der Waals surface area (Å²) in [6.45, 7) is 5.39. The minimum atomic E-state index is -0.314. The molecule has 0 aromatic heterocycles. The van der Waals surface area contributed by atoms with Gasteiger partial charge in [0, 0.05) is 29.9 Å². The van der Waals surface area contributed by atoms with E-state index in [-0.39, 0.29) is 5.41 Å². The molecule has 0 radical (unpaired) electrons. The van der Waals surface area contributed by atoms with Crippen LogP contribution in [0.5, 0.6) is 5.75 Å². The Morgan fingerprint density at radius 2 is 2.11 bits per heavy atom. The molecule has 1 fully saturated rings. The summed E-state index contributed by atoms with van der Waals surface area (Å²) < 4.78 is 5.36. The number of hydrogen-bond donors (Lipinski definition) is 0. The molecule has 0 bridgehead atoms. The zero-order chi connectivity index (χ0) is 13.3. The number of ether oxygens (including phenoxy) is 1. The fourth-order valence-electron chi connectivity index (χ4n) is 2.34. The van der Waals surface area contributed by atoms with Gasteiger partial charge < -0.3 is 9.64 Å². The second-order valence-corrected chi connectivity index (χ2v) is 5.73. The highest BCUT2D eigenvalue weighted by atomic mass is 35.5. The van der Waals surface area contributed by atoms with E-state index < -0.39 is 0 Å². The smallest absolute Gasteiger partial charge is 0.142 e. The quantitative estimate of drug-likeness (QED) is 0.824. The number of carbonyl (C=O) groups excluding carboxylic acids is 1. The third-order valence-electron chi connectivity index (χ3n) is 3.43. The highest BCUT2D eigenvalue weighted by molar-refractivity contribution is 6.30. The van der Waals surface area contributed by atoms with Crippen LogP contribution < -0.4 is 9.64 Å². The van der Waals surface area contributed by atoms with Crippen molar-refractivity contribution in [2.45, 2.75) is 20.3 Å². The van der Waals surface area contributed by atoms with E-state index >= 15 is 0 Å². The van der Waals surface area contributed by atoms with Gasteiger partial charge in [-0.05, 0) is 18.2 Å². The van der Waals surface area contributed by atoms with Gasteiger partial charge in [0.1, 0.15) is 11.5 Å². The number of hydrogen-bond acceptors (Lipinski definition) is 3. The predicted octanol–water partition coefficient (Wildman–Crippen LogP) is 3.15. The molecule has 0 unspecified atom stereocenters. The molecule has 3 nitrogen and oxygen atoms in total. The lowest BCUT2D eigenvalue weighted by molar-refractivity contribution is -0.127. The van der Waals surface area contributed by atoms with Gasteiger partial charge >= 0.3 is 0 Å². The molecule has 1 heterocycles. The van der Waals surface area contributed by atoms with Crippen LogP contribution in [0.1, 0.15) is 20.3 Å². The molecule has 0 atom stereocenters. The fraction of sp³-hybridized carbons (Fsp3) is 0.500. The molecular formula is C14H18ClNO2. The van der Waals surface area contributed by atoms with Gasteiger partial charge in [-0.3, -0.25) is 4.79 Å². The van der Waals surface area contributed by atoms with Gasteiger partial charge in [-0.2, -0.15) is 0 Å². The lowest BCUT2D eigenvalue weighted by atomic mass is 9.82. The van der Waals surface area contributed by atoms with Crippen LogP contribution in [0.25, 0.3) is 0 Å². The minimum absolute atomic E-state index is 0.314. The molecule has 0 aliphatic carbocycles. The van der Waals surface area contributed by atoms with Crippen LogP contribution in [-0.2, 0) is 4.79 Å². The average Bonchev–Trinajstić information content (AvgIpc) is 2.32. The van der Waals surface area contributed by atoms with Crippen molar-refractivity contribution in [3.63, 3.8) is 0 Å². The number of anilines is 1. The zero-order valence-electron chi connectivity index (χ0n) is 11.0. The first-order valence-electron chi connectivity index (χ1n) is 6.06. The highest BCUT2D eigenvalue weighted by Crippen LogP contribution is 2.36. The van der Waals surface area contributed by atoms with Crippen molar-refractivity contribution in [1.82, 2.24) is 0 Å². The first-order chi connectivity index (χ1) is 8.44. The van der Waals surface area contributed by atoms with Crippen LogP contribution >= 0.6 is 11.6 Å². The van der Waals surface area contributed by atoms with Crippen LogP contribution in [0.4, 0.5) is 5.69 Å². The summed E-state index contributed by atoms with van der Waals surface area (Å²) >= 11 is 6.04. The maximum absolute atomic E-state index is 11.8. The van der Waals surface area contributed by atoms with Gasteiger partial charge in [0.05, 0.1) is 12.8 Å². The minimum Gasteiger partial charge on any atom is -0.495 e. The Morgan fingerprint density at radius 3 is 2.72 bits per heavy atom. The highest BCUT2D eigenvalue weighted by Gasteiger charge is 2.35. The summed E-state index contributed by atoms with van der Waals surface area (Å²) in [5, 5.41) is 0.681. The summed E-state index contributed by atoms with van der Waals surface area (Å²) in [7, 11) is 1.65. The third kappa shape index (κ3) is 2.46. The number of benzene rings is 1. The van der Waals surface area contributed by atoms with Gasteiger partial charge in [-0.25, -0.2) is 0 Å². The van der Waals surface area contributed by atoms with Crippen molar-refractivity contribution in [2.24, 2.45) is 5.41 Å². The number of halogens is 1. The number of ketones is 1. The lowest BCUT2D eigenvalue weighted by Crippen LogP contribution is -2.46. The average molecular weight is 268 g/mol. The molecular weight excluding hydrogens is 250 g/mol. The van der Waals surface area contributed by atoms with Crippen molar-refractivity contribution in [3.8, 4) is 5.75 Å². The SMILES string of the molecule is COc1ccc(Cl)cc1N1CCC(=O)C(C)(C)C1.